The molecule has 0 bridgehead atoms. The molecule has 0 saturated carbocycles. The normalized spacial score (nSPS) is 0. The van der Waals surface area contributed by atoms with E-state index in [1.54, 1.807) is 0 Å². The van der Waals surface area contributed by atoms with Crippen molar-refractivity contribution in [2.45, 2.75) is 0 Å². The smallest absolute Gasteiger partial charge is 0.870 e. The number of hydrogen-bond donors (Lipinski definition) is 4. The average Bonchev–Trinajstić information content (AvgIpc) is 0. The fourth-order valence-electron chi connectivity index (χ4n) is 0. The zero-order valence-electron chi connectivity index (χ0n) is 4.02. The van der Waals surface area contributed by atoms with Gasteiger partial charge >= 0.3 is 17.1 Å². The van der Waals surface area contributed by atoms with Crippen LogP contribution >= 0.6 is 0 Å². The molecule has 6 nitrogen and oxygen atoms in total. The van der Waals surface area contributed by atoms with Crippen molar-refractivity contribution in [3.05, 3.63) is 0 Å². The van der Waals surface area contributed by atoms with Crippen molar-refractivity contribution in [1.82, 2.24) is 24.6 Å². The summed E-state index contributed by atoms with van der Waals surface area (Å²) < 4.78 is 0. The molecule has 0 aliphatic rings. The molecule has 14 N–H and O–H groups in total. The molecular formula is H14CuN4O2. The topological polar surface area (TPSA) is 200 Å². The monoisotopic (exact) mass is 165 g/mol. The molecule has 0 saturated heterocycles. The van der Waals surface area contributed by atoms with Crippen LogP contribution in [0.3, 0.4) is 0 Å². The zero-order chi connectivity index (χ0) is 0. The van der Waals surface area contributed by atoms with Crippen LogP contribution in [0.15, 0.2) is 0 Å². The SMILES string of the molecule is N.N.N.N.[Cu+2].[OH-].[OH-]. The van der Waals surface area contributed by atoms with Crippen LogP contribution in [-0.4, -0.2) is 11.0 Å². The van der Waals surface area contributed by atoms with Gasteiger partial charge in [0.15, 0.2) is 0 Å². The van der Waals surface area contributed by atoms with Gasteiger partial charge in [0.05, 0.1) is 0 Å². The van der Waals surface area contributed by atoms with Crippen molar-refractivity contribution >= 4 is 0 Å². The minimum atomic E-state index is 0. The Morgan fingerprint density at radius 2 is 0.429 bits per heavy atom. The molecule has 0 amide bonds. The van der Waals surface area contributed by atoms with E-state index in [1.807, 2.05) is 0 Å². The molecule has 57 valence electrons. The van der Waals surface area contributed by atoms with E-state index < -0.39 is 0 Å². The molecule has 0 aliphatic carbocycles. The van der Waals surface area contributed by atoms with Crippen molar-refractivity contribution < 1.29 is 28.0 Å². The molecule has 7 heteroatoms. The van der Waals surface area contributed by atoms with Gasteiger partial charge < -0.3 is 35.6 Å². The molecule has 0 aromatic heterocycles. The van der Waals surface area contributed by atoms with Crippen LogP contribution in [0.4, 0.5) is 0 Å². The number of rotatable bonds is 0. The molecule has 0 unspecified atom stereocenters. The van der Waals surface area contributed by atoms with Crippen molar-refractivity contribution in [1.29, 1.82) is 0 Å². The van der Waals surface area contributed by atoms with Gasteiger partial charge in [-0.1, -0.05) is 0 Å². The molecule has 1 radical (unpaired) electrons. The summed E-state index contributed by atoms with van der Waals surface area (Å²) >= 11 is 0. The van der Waals surface area contributed by atoms with Crippen molar-refractivity contribution in [3.8, 4) is 0 Å². The molecule has 0 aromatic carbocycles. The first-order chi connectivity index (χ1) is 0. The molecule has 0 fully saturated rings. The van der Waals surface area contributed by atoms with Gasteiger partial charge in [-0.05, 0) is 0 Å². The van der Waals surface area contributed by atoms with E-state index in [0.29, 0.717) is 0 Å². The first-order valence-corrected chi connectivity index (χ1v) is 0. The second kappa shape index (κ2) is 2240. The maximum Gasteiger partial charge on any atom is 2.00 e. The van der Waals surface area contributed by atoms with Crippen LogP contribution < -0.4 is 24.6 Å². The zero-order valence-corrected chi connectivity index (χ0v) is 4.97. The summed E-state index contributed by atoms with van der Waals surface area (Å²) in [6.45, 7) is 0. The molecule has 0 aromatic rings. The summed E-state index contributed by atoms with van der Waals surface area (Å²) in [7, 11) is 0. The van der Waals surface area contributed by atoms with Gasteiger partial charge in [-0.25, -0.2) is 0 Å². The van der Waals surface area contributed by atoms with E-state index in [1.165, 1.54) is 0 Å². The van der Waals surface area contributed by atoms with Gasteiger partial charge in [0.1, 0.15) is 0 Å². The third-order valence-electron chi connectivity index (χ3n) is 0. The van der Waals surface area contributed by atoms with Crippen molar-refractivity contribution in [2.24, 2.45) is 0 Å². The quantitative estimate of drug-likeness (QED) is 0.371. The Balaban J connectivity index is 0. The molecule has 0 rings (SSSR count). The van der Waals surface area contributed by atoms with Gasteiger partial charge in [-0.15, -0.1) is 0 Å². The standard InChI is InChI=1S/Cu.4H3N.2H2O/h;4*1H3;2*1H2/q+2;;;;;;/p-2. The fourth-order valence-corrected chi connectivity index (χ4v) is 0. The Morgan fingerprint density at radius 1 is 0.429 bits per heavy atom. The third-order valence-corrected chi connectivity index (χ3v) is 0. The van der Waals surface area contributed by atoms with Gasteiger partial charge in [-0.2, -0.15) is 0 Å². The molecular weight excluding hydrogens is 152 g/mol. The van der Waals surface area contributed by atoms with Crippen molar-refractivity contribution in [2.75, 3.05) is 0 Å². The van der Waals surface area contributed by atoms with E-state index >= 15 is 0 Å². The Kier molecular flexibility index (Phi) is 1180000. The maximum absolute atomic E-state index is 0. The Labute approximate surface area is 53.5 Å². The fraction of sp³-hybridized carbons (Fsp3) is 0. The molecule has 0 spiro atoms. The Hall–Kier alpha value is 0.279. The maximum atomic E-state index is 0. The predicted octanol–water partition coefficient (Wildman–Crippen LogP) is 0.292. The van der Waals surface area contributed by atoms with E-state index in [4.69, 9.17) is 0 Å². The van der Waals surface area contributed by atoms with Gasteiger partial charge in [0.2, 0.25) is 0 Å². The van der Waals surface area contributed by atoms with Crippen LogP contribution in [0.2, 0.25) is 0 Å². The van der Waals surface area contributed by atoms with E-state index in [9.17, 15) is 0 Å². The summed E-state index contributed by atoms with van der Waals surface area (Å²) in [6, 6.07) is 0. The number of hydrogen-bond acceptors (Lipinski definition) is 6. The summed E-state index contributed by atoms with van der Waals surface area (Å²) in [5, 5.41) is 0. The van der Waals surface area contributed by atoms with Crippen molar-refractivity contribution in [3.63, 3.8) is 0 Å². The summed E-state index contributed by atoms with van der Waals surface area (Å²) in [6.07, 6.45) is 0. The van der Waals surface area contributed by atoms with Gasteiger partial charge in [-0.3, -0.25) is 0 Å². The average molecular weight is 166 g/mol. The molecule has 0 heterocycles. The van der Waals surface area contributed by atoms with Gasteiger partial charge in [0, 0.05) is 0 Å². The van der Waals surface area contributed by atoms with E-state index in [0.717, 1.165) is 0 Å². The molecule has 0 aliphatic heterocycles. The van der Waals surface area contributed by atoms with E-state index in [2.05, 4.69) is 0 Å². The second-order valence-corrected chi connectivity index (χ2v) is 0. The largest absolute Gasteiger partial charge is 2.00 e. The summed E-state index contributed by atoms with van der Waals surface area (Å²) in [5.74, 6) is 0. The minimum absolute atomic E-state index is 0. The Morgan fingerprint density at radius 3 is 0.429 bits per heavy atom. The van der Waals surface area contributed by atoms with Crippen LogP contribution in [0.5, 0.6) is 0 Å². The van der Waals surface area contributed by atoms with E-state index in [-0.39, 0.29) is 52.6 Å². The van der Waals surface area contributed by atoms with Gasteiger partial charge in [0.25, 0.3) is 0 Å². The molecule has 7 heavy (non-hydrogen) atoms. The van der Waals surface area contributed by atoms with Crippen LogP contribution in [-0.2, 0) is 17.1 Å². The summed E-state index contributed by atoms with van der Waals surface area (Å²) in [4.78, 5) is 0. The Bertz CT molecular complexity index is 9.65. The predicted molar refractivity (Wildman–Crippen MR) is 24.0 cm³/mol. The molecule has 0 atom stereocenters. The van der Waals surface area contributed by atoms with Crippen LogP contribution in [0.25, 0.3) is 0 Å². The third kappa shape index (κ3) is 1470. The second-order valence-electron chi connectivity index (χ2n) is 0. The van der Waals surface area contributed by atoms with Crippen LogP contribution in [0, 0.1) is 0 Å². The first-order valence-electron chi connectivity index (χ1n) is 0. The van der Waals surface area contributed by atoms with Crippen LogP contribution in [0.1, 0.15) is 0 Å². The summed E-state index contributed by atoms with van der Waals surface area (Å²) in [5.41, 5.74) is 0. The first kappa shape index (κ1) is 3670. The minimum Gasteiger partial charge on any atom is -0.870 e.